The van der Waals surface area contributed by atoms with Crippen LogP contribution in [0.5, 0.6) is 17.2 Å². The van der Waals surface area contributed by atoms with Crippen molar-refractivity contribution in [2.45, 2.75) is 13.0 Å². The van der Waals surface area contributed by atoms with Gasteiger partial charge in [0.1, 0.15) is 25.6 Å². The van der Waals surface area contributed by atoms with Crippen LogP contribution in [-0.2, 0) is 0 Å². The summed E-state index contributed by atoms with van der Waals surface area (Å²) in [7, 11) is 0. The molecule has 0 radical (unpaired) electrons. The highest BCUT2D eigenvalue weighted by molar-refractivity contribution is 7.18. The second-order valence-corrected chi connectivity index (χ2v) is 8.27. The van der Waals surface area contributed by atoms with Crippen LogP contribution in [0.4, 0.5) is 10.7 Å². The Morgan fingerprint density at radius 1 is 0.967 bits per heavy atom. The Morgan fingerprint density at radius 2 is 1.77 bits per heavy atom. The maximum Gasteiger partial charge on any atom is 0.261 e. The Labute approximate surface area is 179 Å². The van der Waals surface area contributed by atoms with Crippen LogP contribution < -0.4 is 24.4 Å². The number of nitrogens with one attached hydrogen (secondary N) is 1. The van der Waals surface area contributed by atoms with Gasteiger partial charge in [-0.05, 0) is 48.9 Å². The zero-order valence-electron chi connectivity index (χ0n) is 16.6. The number of hydrogen-bond acceptors (Lipinski definition) is 6. The average molecular weight is 423 g/mol. The summed E-state index contributed by atoms with van der Waals surface area (Å²) >= 11 is 1.48. The normalized spacial score (nSPS) is 15.7. The smallest absolute Gasteiger partial charge is 0.261 e. The predicted molar refractivity (Wildman–Crippen MR) is 117 cm³/mol. The molecule has 2 aliphatic heterocycles. The number of amides is 1. The molecule has 0 fully saturated rings. The first-order valence-electron chi connectivity index (χ1n) is 9.98. The summed E-state index contributed by atoms with van der Waals surface area (Å²) in [4.78, 5) is 15.7. The van der Waals surface area contributed by atoms with Gasteiger partial charge in [0.25, 0.3) is 5.91 Å². The molecule has 6 nitrogen and oxygen atoms in total. The van der Waals surface area contributed by atoms with E-state index in [0.29, 0.717) is 24.7 Å². The van der Waals surface area contributed by atoms with Crippen LogP contribution in [0.1, 0.15) is 28.2 Å². The summed E-state index contributed by atoms with van der Waals surface area (Å²) in [5.74, 6) is 2.26. The van der Waals surface area contributed by atoms with E-state index >= 15 is 0 Å². The number of benzene rings is 2. The SMILES string of the molecule is CC(NC(=O)c1ccc(N2CCOc3ccccc32)s1)c1ccc2c(c1)OCCO2. The minimum atomic E-state index is -0.150. The lowest BCUT2D eigenvalue weighted by molar-refractivity contribution is 0.0944. The largest absolute Gasteiger partial charge is 0.490 e. The highest BCUT2D eigenvalue weighted by Crippen LogP contribution is 2.39. The highest BCUT2D eigenvalue weighted by atomic mass is 32.1. The van der Waals surface area contributed by atoms with Crippen LogP contribution in [0.3, 0.4) is 0 Å². The molecule has 1 atom stereocenters. The van der Waals surface area contributed by atoms with E-state index in [1.54, 1.807) is 0 Å². The first-order valence-corrected chi connectivity index (χ1v) is 10.8. The molecule has 0 spiro atoms. The van der Waals surface area contributed by atoms with Gasteiger partial charge in [-0.2, -0.15) is 0 Å². The Bertz CT molecular complexity index is 1080. The molecule has 0 saturated carbocycles. The molecule has 7 heteroatoms. The molecule has 0 saturated heterocycles. The topological polar surface area (TPSA) is 60.0 Å². The fourth-order valence-electron chi connectivity index (χ4n) is 3.67. The summed E-state index contributed by atoms with van der Waals surface area (Å²) in [6, 6.07) is 17.5. The Balaban J connectivity index is 1.30. The minimum Gasteiger partial charge on any atom is -0.490 e. The molecule has 0 bridgehead atoms. The number of rotatable bonds is 4. The summed E-state index contributed by atoms with van der Waals surface area (Å²) in [5.41, 5.74) is 2.01. The van der Waals surface area contributed by atoms with Crippen molar-refractivity contribution in [2.75, 3.05) is 31.3 Å². The molecule has 2 aliphatic rings. The lowest BCUT2D eigenvalue weighted by Gasteiger charge is -2.29. The monoisotopic (exact) mass is 422 g/mol. The van der Waals surface area contributed by atoms with Crippen LogP contribution in [0.15, 0.2) is 54.6 Å². The van der Waals surface area contributed by atoms with Crippen LogP contribution in [0.25, 0.3) is 0 Å². The molecule has 1 amide bonds. The highest BCUT2D eigenvalue weighted by Gasteiger charge is 2.22. The van der Waals surface area contributed by atoms with Crippen molar-refractivity contribution in [1.82, 2.24) is 5.32 Å². The van der Waals surface area contributed by atoms with E-state index in [-0.39, 0.29) is 11.9 Å². The third kappa shape index (κ3) is 3.57. The van der Waals surface area contributed by atoms with E-state index in [1.807, 2.05) is 61.5 Å². The maximum atomic E-state index is 12.9. The molecular weight excluding hydrogens is 400 g/mol. The van der Waals surface area contributed by atoms with Gasteiger partial charge in [0.2, 0.25) is 0 Å². The van der Waals surface area contributed by atoms with Crippen LogP contribution in [-0.4, -0.2) is 32.3 Å². The van der Waals surface area contributed by atoms with Crippen LogP contribution >= 0.6 is 11.3 Å². The zero-order chi connectivity index (χ0) is 20.5. The molecule has 3 aromatic rings. The fourth-order valence-corrected chi connectivity index (χ4v) is 4.62. The number of thiophene rings is 1. The fraction of sp³-hybridized carbons (Fsp3) is 0.261. The number of ether oxygens (including phenoxy) is 3. The summed E-state index contributed by atoms with van der Waals surface area (Å²) in [5, 5.41) is 4.12. The molecular formula is C23H22N2O4S. The predicted octanol–water partition coefficient (Wildman–Crippen LogP) is 4.54. The lowest BCUT2D eigenvalue weighted by atomic mass is 10.1. The van der Waals surface area contributed by atoms with Gasteiger partial charge in [-0.1, -0.05) is 18.2 Å². The molecule has 30 heavy (non-hydrogen) atoms. The van der Waals surface area contributed by atoms with E-state index in [2.05, 4.69) is 10.2 Å². The summed E-state index contributed by atoms with van der Waals surface area (Å²) < 4.78 is 17.0. The second-order valence-electron chi connectivity index (χ2n) is 7.20. The number of para-hydroxylation sites is 2. The zero-order valence-corrected chi connectivity index (χ0v) is 17.4. The summed E-state index contributed by atoms with van der Waals surface area (Å²) in [6.07, 6.45) is 0. The van der Waals surface area contributed by atoms with Crippen molar-refractivity contribution in [3.05, 3.63) is 65.0 Å². The number of anilines is 2. The number of carbonyl (C=O) groups excluding carboxylic acids is 1. The molecule has 1 N–H and O–H groups in total. The minimum absolute atomic E-state index is 0.0878. The van der Waals surface area contributed by atoms with E-state index < -0.39 is 0 Å². The van der Waals surface area contributed by atoms with Gasteiger partial charge < -0.3 is 24.4 Å². The Kier molecular flexibility index (Phi) is 4.96. The first kappa shape index (κ1) is 18.8. The van der Waals surface area contributed by atoms with Gasteiger partial charge >= 0.3 is 0 Å². The van der Waals surface area contributed by atoms with Gasteiger partial charge in [-0.15, -0.1) is 11.3 Å². The first-order chi connectivity index (χ1) is 14.7. The quantitative estimate of drug-likeness (QED) is 0.669. The van der Waals surface area contributed by atoms with Crippen molar-refractivity contribution in [1.29, 1.82) is 0 Å². The maximum absolute atomic E-state index is 12.9. The van der Waals surface area contributed by atoms with E-state index in [0.717, 1.165) is 40.0 Å². The average Bonchev–Trinajstić information content (AvgIpc) is 3.28. The Morgan fingerprint density at radius 3 is 2.67 bits per heavy atom. The molecule has 1 unspecified atom stereocenters. The van der Waals surface area contributed by atoms with Crippen LogP contribution in [0, 0.1) is 0 Å². The number of fused-ring (bicyclic) bond motifs is 2. The van der Waals surface area contributed by atoms with Crippen molar-refractivity contribution in [3.63, 3.8) is 0 Å². The Hall–Kier alpha value is -3.19. The van der Waals surface area contributed by atoms with Crippen molar-refractivity contribution < 1.29 is 19.0 Å². The molecule has 0 aliphatic carbocycles. The van der Waals surface area contributed by atoms with Crippen molar-refractivity contribution in [2.24, 2.45) is 0 Å². The van der Waals surface area contributed by atoms with E-state index in [4.69, 9.17) is 14.2 Å². The molecule has 154 valence electrons. The lowest BCUT2D eigenvalue weighted by Crippen LogP contribution is -2.28. The number of carbonyl (C=O) groups is 1. The molecule has 5 rings (SSSR count). The van der Waals surface area contributed by atoms with E-state index in [9.17, 15) is 4.79 Å². The number of hydrogen-bond donors (Lipinski definition) is 1. The van der Waals surface area contributed by atoms with Gasteiger partial charge in [-0.25, -0.2) is 0 Å². The molecule has 3 heterocycles. The van der Waals surface area contributed by atoms with Crippen molar-refractivity contribution in [3.8, 4) is 17.2 Å². The van der Waals surface area contributed by atoms with Crippen molar-refractivity contribution >= 4 is 27.9 Å². The number of nitrogens with zero attached hydrogens (tertiary/aromatic N) is 1. The van der Waals surface area contributed by atoms with Gasteiger partial charge in [-0.3, -0.25) is 4.79 Å². The van der Waals surface area contributed by atoms with Gasteiger partial charge in [0.15, 0.2) is 11.5 Å². The third-order valence-electron chi connectivity index (χ3n) is 5.22. The summed E-state index contributed by atoms with van der Waals surface area (Å²) in [6.45, 7) is 4.45. The molecule has 2 aromatic carbocycles. The second kappa shape index (κ2) is 7.91. The van der Waals surface area contributed by atoms with Crippen LogP contribution in [0.2, 0.25) is 0 Å². The molecule has 1 aromatic heterocycles. The van der Waals surface area contributed by atoms with Gasteiger partial charge in [0.05, 0.1) is 28.2 Å². The van der Waals surface area contributed by atoms with E-state index in [1.165, 1.54) is 11.3 Å². The van der Waals surface area contributed by atoms with Gasteiger partial charge in [0, 0.05) is 0 Å². The standard InChI is InChI=1S/C23H22N2O4S/c1-15(16-6-7-19-20(14-16)29-13-12-28-19)24-23(26)21-8-9-22(30-21)25-10-11-27-18-5-3-2-4-17(18)25/h2-9,14-15H,10-13H2,1H3,(H,24,26). The third-order valence-corrected chi connectivity index (χ3v) is 6.33.